The molecule has 0 aliphatic carbocycles. The number of thiazole rings is 1. The number of anilines is 1. The number of hydrogen-bond donors (Lipinski definition) is 2. The highest BCUT2D eigenvalue weighted by Gasteiger charge is 2.38. The lowest BCUT2D eigenvalue weighted by molar-refractivity contribution is -0.150. The molecule has 0 unspecified atom stereocenters. The molecule has 0 atom stereocenters. The number of aliphatic carboxylic acids is 1. The Morgan fingerprint density at radius 2 is 2.05 bits per heavy atom. The van der Waals surface area contributed by atoms with E-state index in [0.29, 0.717) is 31.1 Å². The van der Waals surface area contributed by atoms with E-state index in [1.54, 1.807) is 11.8 Å². The van der Waals surface area contributed by atoms with Gasteiger partial charge in [-0.05, 0) is 33.1 Å². The van der Waals surface area contributed by atoms with Crippen molar-refractivity contribution in [3.8, 4) is 0 Å². The lowest BCUT2D eigenvalue weighted by Crippen LogP contribution is -2.46. The molecule has 6 nitrogen and oxygen atoms in total. The molecule has 0 radical (unpaired) electrons. The lowest BCUT2D eigenvalue weighted by Gasteiger charge is -2.36. The van der Waals surface area contributed by atoms with Gasteiger partial charge < -0.3 is 10.0 Å². The second-order valence-corrected chi connectivity index (χ2v) is 6.86. The van der Waals surface area contributed by atoms with Crippen LogP contribution >= 0.6 is 11.3 Å². The van der Waals surface area contributed by atoms with Crippen LogP contribution < -0.4 is 5.32 Å². The first-order chi connectivity index (χ1) is 9.85. The Morgan fingerprint density at radius 3 is 2.52 bits per heavy atom. The summed E-state index contributed by atoms with van der Waals surface area (Å²) in [7, 11) is 0. The first-order valence-electron chi connectivity index (χ1n) is 7.11. The van der Waals surface area contributed by atoms with Gasteiger partial charge in [0.2, 0.25) is 0 Å². The smallest absolute Gasteiger partial charge is 0.323 e. The molecule has 0 bridgehead atoms. The number of hydrogen-bond acceptors (Lipinski definition) is 4. The Morgan fingerprint density at radius 1 is 1.43 bits per heavy atom. The number of carbonyl (C=O) groups is 2. The molecule has 21 heavy (non-hydrogen) atoms. The van der Waals surface area contributed by atoms with Gasteiger partial charge in [0.25, 0.3) is 0 Å². The van der Waals surface area contributed by atoms with Crippen LogP contribution in [0.5, 0.6) is 0 Å². The predicted octanol–water partition coefficient (Wildman–Crippen LogP) is 2.73. The third-order valence-electron chi connectivity index (χ3n) is 4.11. The lowest BCUT2D eigenvalue weighted by atomic mass is 9.80. The summed E-state index contributed by atoms with van der Waals surface area (Å²) in [5, 5.41) is 12.6. The Hall–Kier alpha value is -1.63. The minimum atomic E-state index is -0.786. The van der Waals surface area contributed by atoms with Crippen LogP contribution in [0.25, 0.3) is 0 Å². The molecular weight excluding hydrogens is 290 g/mol. The van der Waals surface area contributed by atoms with E-state index in [1.165, 1.54) is 11.3 Å². The molecule has 2 rings (SSSR count). The van der Waals surface area contributed by atoms with Gasteiger partial charge in [-0.2, -0.15) is 0 Å². The molecular formula is C14H21N3O3S. The summed E-state index contributed by atoms with van der Waals surface area (Å²) in [5.41, 5.74) is 0.289. The van der Waals surface area contributed by atoms with Crippen LogP contribution in [0.2, 0.25) is 0 Å². The number of carboxylic acids is 1. The van der Waals surface area contributed by atoms with Gasteiger partial charge >= 0.3 is 12.0 Å². The number of nitrogens with one attached hydrogen (secondary N) is 1. The molecule has 2 amide bonds. The zero-order chi connectivity index (χ0) is 15.6. The van der Waals surface area contributed by atoms with Crippen molar-refractivity contribution >= 4 is 28.5 Å². The van der Waals surface area contributed by atoms with Crippen LogP contribution in [0.3, 0.4) is 0 Å². The molecule has 0 aromatic carbocycles. The largest absolute Gasteiger partial charge is 0.481 e. The highest BCUT2D eigenvalue weighted by atomic mass is 32.1. The number of urea groups is 1. The molecule has 2 heterocycles. The average molecular weight is 311 g/mol. The van der Waals surface area contributed by atoms with Crippen molar-refractivity contribution in [2.45, 2.75) is 40.0 Å². The summed E-state index contributed by atoms with van der Waals surface area (Å²) < 4.78 is 0. The summed E-state index contributed by atoms with van der Waals surface area (Å²) in [6.07, 6.45) is 1.80. The number of rotatable bonds is 3. The SMILES string of the molecule is CCc1nc(NC(=O)N2CCC(C)(C(=O)O)CC2)sc1C. The van der Waals surface area contributed by atoms with E-state index >= 15 is 0 Å². The number of likely N-dealkylation sites (tertiary alicyclic amines) is 1. The molecule has 0 saturated carbocycles. The molecule has 1 aliphatic rings. The van der Waals surface area contributed by atoms with Crippen LogP contribution in [0.4, 0.5) is 9.93 Å². The van der Waals surface area contributed by atoms with Gasteiger partial charge in [-0.15, -0.1) is 11.3 Å². The summed E-state index contributed by atoms with van der Waals surface area (Å²) in [5.74, 6) is -0.786. The Kier molecular flexibility index (Phi) is 4.51. The predicted molar refractivity (Wildman–Crippen MR) is 81.8 cm³/mol. The van der Waals surface area contributed by atoms with Crippen LogP contribution in [-0.4, -0.2) is 40.1 Å². The standard InChI is InChI=1S/C14H21N3O3S/c1-4-10-9(2)21-12(15-10)16-13(20)17-7-5-14(3,6-8-17)11(18)19/h4-8H2,1-3H3,(H,18,19)(H,15,16,20). The normalized spacial score (nSPS) is 17.6. The number of carboxylic acid groups (broad SMARTS) is 1. The quantitative estimate of drug-likeness (QED) is 0.899. The maximum Gasteiger partial charge on any atom is 0.323 e. The Labute approximate surface area is 128 Å². The summed E-state index contributed by atoms with van der Waals surface area (Å²) in [6, 6.07) is -0.196. The first kappa shape index (κ1) is 15.8. The third kappa shape index (κ3) is 3.34. The Bertz CT molecular complexity index is 548. The molecule has 116 valence electrons. The molecule has 1 fully saturated rings. The van der Waals surface area contributed by atoms with E-state index in [1.807, 2.05) is 13.8 Å². The van der Waals surface area contributed by atoms with Gasteiger partial charge in [0.1, 0.15) is 0 Å². The maximum absolute atomic E-state index is 12.2. The number of piperidine rings is 1. The van der Waals surface area contributed by atoms with E-state index in [4.69, 9.17) is 0 Å². The molecule has 1 aromatic rings. The monoisotopic (exact) mass is 311 g/mol. The topological polar surface area (TPSA) is 82.5 Å². The highest BCUT2D eigenvalue weighted by molar-refractivity contribution is 7.15. The summed E-state index contributed by atoms with van der Waals surface area (Å²) in [6.45, 7) is 6.68. The molecule has 7 heteroatoms. The van der Waals surface area contributed by atoms with Crippen molar-refractivity contribution in [1.29, 1.82) is 0 Å². The van der Waals surface area contributed by atoms with Crippen molar-refractivity contribution in [2.24, 2.45) is 5.41 Å². The van der Waals surface area contributed by atoms with E-state index in [9.17, 15) is 14.7 Å². The number of amides is 2. The second kappa shape index (κ2) is 6.01. The van der Waals surface area contributed by atoms with Crippen molar-refractivity contribution in [3.63, 3.8) is 0 Å². The van der Waals surface area contributed by atoms with Crippen LogP contribution in [0.1, 0.15) is 37.3 Å². The van der Waals surface area contributed by atoms with Crippen molar-refractivity contribution < 1.29 is 14.7 Å². The number of aromatic nitrogens is 1. The van der Waals surface area contributed by atoms with E-state index in [2.05, 4.69) is 10.3 Å². The molecule has 0 spiro atoms. The van der Waals surface area contributed by atoms with Crippen molar-refractivity contribution in [2.75, 3.05) is 18.4 Å². The molecule has 2 N–H and O–H groups in total. The van der Waals surface area contributed by atoms with Crippen molar-refractivity contribution in [3.05, 3.63) is 10.6 Å². The maximum atomic E-state index is 12.2. The number of nitrogens with zero attached hydrogens (tertiary/aromatic N) is 2. The van der Waals surface area contributed by atoms with Gasteiger partial charge in [-0.3, -0.25) is 10.1 Å². The van der Waals surface area contributed by atoms with Crippen LogP contribution in [0, 0.1) is 12.3 Å². The zero-order valence-corrected chi connectivity index (χ0v) is 13.4. The summed E-state index contributed by atoms with van der Waals surface area (Å²) >= 11 is 1.47. The molecule has 1 saturated heterocycles. The van der Waals surface area contributed by atoms with Crippen molar-refractivity contribution in [1.82, 2.24) is 9.88 Å². The van der Waals surface area contributed by atoms with Gasteiger partial charge in [-0.25, -0.2) is 9.78 Å². The number of carbonyl (C=O) groups excluding carboxylic acids is 1. The van der Waals surface area contributed by atoms with Gasteiger partial charge in [-0.1, -0.05) is 6.92 Å². The minimum absolute atomic E-state index is 0.196. The fraction of sp³-hybridized carbons (Fsp3) is 0.643. The first-order valence-corrected chi connectivity index (χ1v) is 7.93. The Balaban J connectivity index is 1.94. The molecule has 1 aromatic heterocycles. The van der Waals surface area contributed by atoms with E-state index in [-0.39, 0.29) is 6.03 Å². The van der Waals surface area contributed by atoms with Gasteiger partial charge in [0.05, 0.1) is 11.1 Å². The zero-order valence-electron chi connectivity index (χ0n) is 12.6. The number of aryl methyl sites for hydroxylation is 2. The van der Waals surface area contributed by atoms with E-state index < -0.39 is 11.4 Å². The fourth-order valence-corrected chi connectivity index (χ4v) is 3.29. The fourth-order valence-electron chi connectivity index (χ4n) is 2.40. The minimum Gasteiger partial charge on any atom is -0.481 e. The third-order valence-corrected chi connectivity index (χ3v) is 5.04. The van der Waals surface area contributed by atoms with Crippen LogP contribution in [0.15, 0.2) is 0 Å². The molecule has 1 aliphatic heterocycles. The van der Waals surface area contributed by atoms with Gasteiger partial charge in [0.15, 0.2) is 5.13 Å². The van der Waals surface area contributed by atoms with Gasteiger partial charge in [0, 0.05) is 18.0 Å². The average Bonchev–Trinajstić information content (AvgIpc) is 2.79. The van der Waals surface area contributed by atoms with E-state index in [0.717, 1.165) is 17.0 Å². The van der Waals surface area contributed by atoms with Crippen LogP contribution in [-0.2, 0) is 11.2 Å². The second-order valence-electron chi connectivity index (χ2n) is 5.66. The highest BCUT2D eigenvalue weighted by Crippen LogP contribution is 2.31. The summed E-state index contributed by atoms with van der Waals surface area (Å²) in [4.78, 5) is 30.5.